The molecule has 2 amide bonds. The van der Waals surface area contributed by atoms with Gasteiger partial charge in [-0.05, 0) is 87.0 Å². The molecule has 0 spiro atoms. The predicted octanol–water partition coefficient (Wildman–Crippen LogP) is 5.67. The minimum atomic E-state index is -0.902. The van der Waals surface area contributed by atoms with Gasteiger partial charge in [0.2, 0.25) is 0 Å². The van der Waals surface area contributed by atoms with Gasteiger partial charge in [0.1, 0.15) is 17.5 Å². The number of nitrogens with zero attached hydrogens (tertiary/aromatic N) is 1. The topological polar surface area (TPSA) is 100 Å². The summed E-state index contributed by atoms with van der Waals surface area (Å²) in [5.41, 5.74) is 3.08. The maximum atomic E-state index is 12.7. The van der Waals surface area contributed by atoms with E-state index in [4.69, 9.17) is 27.9 Å². The van der Waals surface area contributed by atoms with Crippen LogP contribution in [0.25, 0.3) is 0 Å². The monoisotopic (exact) mass is 621 g/mol. The van der Waals surface area contributed by atoms with E-state index in [0.717, 1.165) is 0 Å². The van der Waals surface area contributed by atoms with Gasteiger partial charge >= 0.3 is 0 Å². The van der Waals surface area contributed by atoms with Gasteiger partial charge in [-0.25, -0.2) is 5.43 Å². The number of hydrogen-bond donors (Lipinski definition) is 3. The van der Waals surface area contributed by atoms with Crippen molar-refractivity contribution in [3.63, 3.8) is 0 Å². The Balaban J connectivity index is 2.03. The summed E-state index contributed by atoms with van der Waals surface area (Å²) in [5.74, 6) is -0.438. The lowest BCUT2D eigenvalue weighted by atomic mass is 10.0. The molecule has 2 aromatic rings. The van der Waals surface area contributed by atoms with Gasteiger partial charge in [0, 0.05) is 5.02 Å². The minimum absolute atomic E-state index is 0.0621. The Morgan fingerprint density at radius 1 is 1.12 bits per heavy atom. The smallest absolute Gasteiger partial charge is 0.262 e. The van der Waals surface area contributed by atoms with E-state index >= 15 is 0 Å². The van der Waals surface area contributed by atoms with Gasteiger partial charge in [0.25, 0.3) is 11.8 Å². The molecule has 2 rings (SSSR count). The Labute approximate surface area is 219 Å². The molecule has 178 valence electrons. The second-order valence-electron chi connectivity index (χ2n) is 7.59. The quantitative estimate of drug-likeness (QED) is 0.247. The summed E-state index contributed by atoms with van der Waals surface area (Å²) in [6, 6.07) is 7.15. The standard InChI is InChI=1S/C22H23Br2Cl2N3O4/c1-11(2)6-18(22(32)29-27-10-13-7-15(23)20(30)16(24)8-13)28-21(31)12(3)33-19-5-4-14(25)9-17(19)26/h4-5,7-12,18,30H,6H2,1-3H3,(H,28,31)(H,29,32)/b27-10-/t12-,18-/m0/s1. The molecule has 33 heavy (non-hydrogen) atoms. The molecule has 0 aliphatic rings. The normalized spacial score (nSPS) is 13.1. The SMILES string of the molecule is CC(C)C[C@H](NC(=O)[C@H](C)Oc1ccc(Cl)cc1Cl)C(=O)N/N=C\c1cc(Br)c(O)c(Br)c1. The van der Waals surface area contributed by atoms with Gasteiger partial charge < -0.3 is 15.2 Å². The number of carbonyl (C=O) groups excluding carboxylic acids is 2. The zero-order valence-electron chi connectivity index (χ0n) is 18.0. The number of halogens is 4. The second-order valence-corrected chi connectivity index (χ2v) is 10.1. The highest BCUT2D eigenvalue weighted by Gasteiger charge is 2.25. The van der Waals surface area contributed by atoms with E-state index in [1.54, 1.807) is 31.2 Å². The lowest BCUT2D eigenvalue weighted by Crippen LogP contribution is -2.49. The fourth-order valence-corrected chi connectivity index (χ4v) is 4.39. The van der Waals surface area contributed by atoms with Crippen molar-refractivity contribution >= 4 is 73.1 Å². The molecule has 11 heteroatoms. The second kappa shape index (κ2) is 12.6. The summed E-state index contributed by atoms with van der Waals surface area (Å²) in [6.07, 6.45) is 0.925. The van der Waals surface area contributed by atoms with Gasteiger partial charge in [0.15, 0.2) is 6.10 Å². The largest absolute Gasteiger partial charge is 0.506 e. The van der Waals surface area contributed by atoms with Crippen LogP contribution in [0.2, 0.25) is 10.0 Å². The van der Waals surface area contributed by atoms with E-state index in [9.17, 15) is 14.7 Å². The van der Waals surface area contributed by atoms with E-state index in [2.05, 4.69) is 47.7 Å². The van der Waals surface area contributed by atoms with Crippen LogP contribution in [0.1, 0.15) is 32.8 Å². The van der Waals surface area contributed by atoms with Crippen molar-refractivity contribution in [1.82, 2.24) is 10.7 Å². The van der Waals surface area contributed by atoms with Crippen LogP contribution in [0.15, 0.2) is 44.4 Å². The van der Waals surface area contributed by atoms with E-state index in [1.807, 2.05) is 13.8 Å². The molecule has 0 aliphatic carbocycles. The van der Waals surface area contributed by atoms with Crippen LogP contribution in [0, 0.1) is 5.92 Å². The van der Waals surface area contributed by atoms with Gasteiger partial charge in [0.05, 0.1) is 20.2 Å². The number of amides is 2. The third-order valence-electron chi connectivity index (χ3n) is 4.33. The highest BCUT2D eigenvalue weighted by Crippen LogP contribution is 2.32. The number of hydrogen-bond acceptors (Lipinski definition) is 5. The zero-order valence-corrected chi connectivity index (χ0v) is 22.7. The first-order chi connectivity index (χ1) is 15.5. The number of nitrogens with one attached hydrogen (secondary N) is 2. The van der Waals surface area contributed by atoms with Gasteiger partial charge in [-0.15, -0.1) is 0 Å². The van der Waals surface area contributed by atoms with Crippen LogP contribution in [0.4, 0.5) is 0 Å². The molecule has 0 aliphatic heterocycles. The Morgan fingerprint density at radius 3 is 2.33 bits per heavy atom. The molecule has 0 bridgehead atoms. The summed E-state index contributed by atoms with van der Waals surface area (Å²) in [4.78, 5) is 25.4. The number of carbonyl (C=O) groups is 2. The highest BCUT2D eigenvalue weighted by molar-refractivity contribution is 9.11. The number of phenols is 1. The minimum Gasteiger partial charge on any atom is -0.506 e. The molecule has 0 aromatic heterocycles. The van der Waals surface area contributed by atoms with Crippen molar-refractivity contribution in [1.29, 1.82) is 0 Å². The molecule has 0 fully saturated rings. The van der Waals surface area contributed by atoms with E-state index in [0.29, 0.717) is 31.7 Å². The summed E-state index contributed by atoms with van der Waals surface area (Å²) < 4.78 is 6.58. The maximum Gasteiger partial charge on any atom is 0.262 e. The van der Waals surface area contributed by atoms with Crippen molar-refractivity contribution in [2.24, 2.45) is 11.0 Å². The number of benzene rings is 2. The lowest BCUT2D eigenvalue weighted by Gasteiger charge is -2.22. The van der Waals surface area contributed by atoms with Crippen LogP contribution in [0.3, 0.4) is 0 Å². The third kappa shape index (κ3) is 8.48. The van der Waals surface area contributed by atoms with Crippen molar-refractivity contribution < 1.29 is 19.4 Å². The summed E-state index contributed by atoms with van der Waals surface area (Å²) >= 11 is 18.5. The van der Waals surface area contributed by atoms with Crippen LogP contribution in [0.5, 0.6) is 11.5 Å². The Bertz CT molecular complexity index is 1030. The molecule has 3 N–H and O–H groups in total. The fourth-order valence-electron chi connectivity index (χ4n) is 2.71. The van der Waals surface area contributed by atoms with Crippen LogP contribution in [-0.4, -0.2) is 35.3 Å². The molecular weight excluding hydrogens is 601 g/mol. The maximum absolute atomic E-state index is 12.7. The molecule has 0 unspecified atom stereocenters. The third-order valence-corrected chi connectivity index (χ3v) is 6.07. The molecule has 2 atom stereocenters. The highest BCUT2D eigenvalue weighted by atomic mass is 79.9. The zero-order chi connectivity index (χ0) is 24.7. The molecule has 7 nitrogen and oxygen atoms in total. The van der Waals surface area contributed by atoms with Crippen molar-refractivity contribution in [3.05, 3.63) is 54.9 Å². The van der Waals surface area contributed by atoms with Crippen LogP contribution in [-0.2, 0) is 9.59 Å². The fraction of sp³-hybridized carbons (Fsp3) is 0.318. The summed E-state index contributed by atoms with van der Waals surface area (Å²) in [5, 5.41) is 17.2. The Kier molecular flexibility index (Phi) is 10.5. The van der Waals surface area contributed by atoms with E-state index < -0.39 is 24.0 Å². The average molecular weight is 624 g/mol. The van der Waals surface area contributed by atoms with Gasteiger partial charge in [-0.2, -0.15) is 5.10 Å². The number of aromatic hydroxyl groups is 1. The lowest BCUT2D eigenvalue weighted by molar-refractivity contribution is -0.132. The van der Waals surface area contributed by atoms with E-state index in [-0.39, 0.29) is 16.7 Å². The predicted molar refractivity (Wildman–Crippen MR) is 137 cm³/mol. The molecule has 0 saturated heterocycles. The summed E-state index contributed by atoms with van der Waals surface area (Å²) in [7, 11) is 0. The van der Waals surface area contributed by atoms with Crippen LogP contribution >= 0.6 is 55.1 Å². The number of hydrazone groups is 1. The molecule has 0 saturated carbocycles. The number of rotatable bonds is 9. The average Bonchev–Trinajstić information content (AvgIpc) is 2.72. The first-order valence-corrected chi connectivity index (χ1v) is 12.2. The van der Waals surface area contributed by atoms with Gasteiger partial charge in [-0.1, -0.05) is 37.0 Å². The first-order valence-electron chi connectivity index (χ1n) is 9.91. The van der Waals surface area contributed by atoms with Crippen molar-refractivity contribution in [3.8, 4) is 11.5 Å². The van der Waals surface area contributed by atoms with E-state index in [1.165, 1.54) is 12.3 Å². The summed E-state index contributed by atoms with van der Waals surface area (Å²) in [6.45, 7) is 5.44. The first kappa shape index (κ1) is 27.4. The Hall–Kier alpha value is -1.81. The molecule has 0 heterocycles. The molecule has 2 aromatic carbocycles. The Morgan fingerprint density at radius 2 is 1.76 bits per heavy atom. The molecule has 0 radical (unpaired) electrons. The molecular formula is C22H23Br2Cl2N3O4. The van der Waals surface area contributed by atoms with Crippen molar-refractivity contribution in [2.45, 2.75) is 39.3 Å². The van der Waals surface area contributed by atoms with Crippen molar-refractivity contribution in [2.75, 3.05) is 0 Å². The van der Waals surface area contributed by atoms with Gasteiger partial charge in [-0.3, -0.25) is 9.59 Å². The number of ether oxygens (including phenoxy) is 1. The van der Waals surface area contributed by atoms with Crippen LogP contribution < -0.4 is 15.5 Å². The number of phenolic OH excluding ortho intramolecular Hbond substituents is 1.